The monoisotopic (exact) mass is 453 g/mol. The van der Waals surface area contributed by atoms with E-state index in [1.165, 1.54) is 11.1 Å². The van der Waals surface area contributed by atoms with Gasteiger partial charge in [0.05, 0.1) is 6.61 Å². The summed E-state index contributed by atoms with van der Waals surface area (Å²) in [6.45, 7) is 2.46. The first-order valence-corrected chi connectivity index (χ1v) is 10.7. The lowest BCUT2D eigenvalue weighted by atomic mass is 10.1. The van der Waals surface area contributed by atoms with Crippen LogP contribution in [0.2, 0.25) is 5.02 Å². The number of rotatable bonds is 8. The van der Waals surface area contributed by atoms with Crippen molar-refractivity contribution in [3.05, 3.63) is 70.2 Å². The summed E-state index contributed by atoms with van der Waals surface area (Å²) < 4.78 is 4.86. The molecule has 4 rings (SSSR count). The van der Waals surface area contributed by atoms with E-state index < -0.39 is 6.09 Å². The van der Waals surface area contributed by atoms with Gasteiger partial charge in [0, 0.05) is 17.6 Å². The van der Waals surface area contributed by atoms with Gasteiger partial charge in [-0.3, -0.25) is 5.43 Å². The van der Waals surface area contributed by atoms with Crippen LogP contribution in [0.4, 0.5) is 22.6 Å². The van der Waals surface area contributed by atoms with E-state index in [-0.39, 0.29) is 18.6 Å². The van der Waals surface area contributed by atoms with Crippen molar-refractivity contribution in [2.24, 2.45) is 0 Å². The Balaban J connectivity index is 1.48. The van der Waals surface area contributed by atoms with Crippen molar-refractivity contribution in [2.75, 3.05) is 22.7 Å². The van der Waals surface area contributed by atoms with Gasteiger partial charge in [0.2, 0.25) is 17.8 Å². The van der Waals surface area contributed by atoms with Gasteiger partial charge in [0.1, 0.15) is 0 Å². The Labute approximate surface area is 191 Å². The Morgan fingerprint density at radius 1 is 1.03 bits per heavy atom. The number of hydrogen-bond donors (Lipinski definition) is 4. The van der Waals surface area contributed by atoms with E-state index in [4.69, 9.17) is 16.3 Å². The van der Waals surface area contributed by atoms with Gasteiger partial charge in [-0.15, -0.1) is 0 Å². The van der Waals surface area contributed by atoms with Crippen molar-refractivity contribution in [1.82, 2.24) is 20.4 Å². The van der Waals surface area contributed by atoms with Crippen molar-refractivity contribution in [2.45, 2.75) is 32.4 Å². The maximum atomic E-state index is 11.6. The quantitative estimate of drug-likeness (QED) is 0.381. The highest BCUT2D eigenvalue weighted by Gasteiger charge is 2.22. The summed E-state index contributed by atoms with van der Waals surface area (Å²) in [6, 6.07) is 16.1. The van der Waals surface area contributed by atoms with Gasteiger partial charge in [0.25, 0.3) is 0 Å². The van der Waals surface area contributed by atoms with Crippen molar-refractivity contribution in [3.63, 3.8) is 0 Å². The molecule has 0 saturated carbocycles. The fraction of sp³-hybridized carbons (Fsp3) is 0.273. The average Bonchev–Trinajstić information content (AvgIpc) is 3.19. The number of anilines is 3. The van der Waals surface area contributed by atoms with Crippen LogP contribution in [0, 0.1) is 0 Å². The number of ether oxygens (including phenoxy) is 1. The summed E-state index contributed by atoms with van der Waals surface area (Å²) in [5.74, 6) is 0.936. The van der Waals surface area contributed by atoms with Crippen LogP contribution in [0.1, 0.15) is 23.6 Å². The molecule has 0 spiro atoms. The normalized spacial score (nSPS) is 12.7. The molecule has 2 aromatic carbocycles. The lowest BCUT2D eigenvalue weighted by Gasteiger charge is -2.15. The Hall–Kier alpha value is -3.59. The molecule has 9 nitrogen and oxygen atoms in total. The smallest absolute Gasteiger partial charge is 0.426 e. The van der Waals surface area contributed by atoms with Gasteiger partial charge < -0.3 is 15.4 Å². The molecule has 10 heteroatoms. The molecule has 0 saturated heterocycles. The maximum Gasteiger partial charge on any atom is 0.426 e. The van der Waals surface area contributed by atoms with E-state index in [0.717, 1.165) is 18.4 Å². The first-order chi connectivity index (χ1) is 15.6. The highest BCUT2D eigenvalue weighted by molar-refractivity contribution is 6.30. The predicted octanol–water partition coefficient (Wildman–Crippen LogP) is 3.79. The minimum Gasteiger partial charge on any atom is -0.449 e. The number of fused-ring (bicyclic) bond motifs is 1. The minimum absolute atomic E-state index is 0.168. The molecule has 32 heavy (non-hydrogen) atoms. The number of halogens is 1. The van der Waals surface area contributed by atoms with Gasteiger partial charge in [-0.25, -0.2) is 10.2 Å². The molecule has 0 bridgehead atoms. The van der Waals surface area contributed by atoms with E-state index in [1.807, 2.05) is 36.4 Å². The molecular weight excluding hydrogens is 430 g/mol. The van der Waals surface area contributed by atoms with Gasteiger partial charge in [0.15, 0.2) is 0 Å². The first-order valence-electron chi connectivity index (χ1n) is 10.4. The minimum atomic E-state index is -0.623. The standard InChI is InChI=1S/C22H24ClN7O2/c1-2-32-22(31)30-29-21-27-19(24-13-14-6-5-9-17(23)10-14)26-20(28-21)25-18-11-15-7-3-4-8-16(15)12-18/h3-10,18H,2,11-13H2,1H3,(H,30,31)(H3,24,25,26,27,28,29). The number of nitrogens with one attached hydrogen (secondary N) is 4. The van der Waals surface area contributed by atoms with E-state index in [9.17, 15) is 4.79 Å². The molecule has 166 valence electrons. The van der Waals surface area contributed by atoms with Gasteiger partial charge in [-0.05, 0) is 48.6 Å². The van der Waals surface area contributed by atoms with Crippen molar-refractivity contribution >= 4 is 35.5 Å². The van der Waals surface area contributed by atoms with Crippen LogP contribution in [0.15, 0.2) is 48.5 Å². The number of benzene rings is 2. The molecule has 0 radical (unpaired) electrons. The molecule has 3 aromatic rings. The topological polar surface area (TPSA) is 113 Å². The summed E-state index contributed by atoms with van der Waals surface area (Å²) in [5, 5.41) is 7.22. The summed E-state index contributed by atoms with van der Waals surface area (Å²) in [4.78, 5) is 24.8. The number of carbonyl (C=O) groups is 1. The fourth-order valence-corrected chi connectivity index (χ4v) is 3.73. The molecular formula is C22H24ClN7O2. The van der Waals surface area contributed by atoms with Gasteiger partial charge >= 0.3 is 6.09 Å². The number of hydrogen-bond acceptors (Lipinski definition) is 8. The van der Waals surface area contributed by atoms with Crippen LogP contribution >= 0.6 is 11.6 Å². The van der Waals surface area contributed by atoms with Crippen LogP contribution in [-0.4, -0.2) is 33.7 Å². The lowest BCUT2D eigenvalue weighted by molar-refractivity contribution is 0.154. The molecule has 0 atom stereocenters. The van der Waals surface area contributed by atoms with E-state index in [1.54, 1.807) is 6.92 Å². The fourth-order valence-electron chi connectivity index (χ4n) is 3.52. The zero-order valence-electron chi connectivity index (χ0n) is 17.6. The number of carbonyl (C=O) groups excluding carboxylic acids is 1. The van der Waals surface area contributed by atoms with Crippen LogP contribution < -0.4 is 21.5 Å². The third-order valence-electron chi connectivity index (χ3n) is 4.91. The molecule has 0 unspecified atom stereocenters. The number of hydrazine groups is 1. The van der Waals surface area contributed by atoms with Gasteiger partial charge in [-0.2, -0.15) is 15.0 Å². The third-order valence-corrected chi connectivity index (χ3v) is 5.15. The molecule has 0 aliphatic heterocycles. The molecule has 4 N–H and O–H groups in total. The summed E-state index contributed by atoms with van der Waals surface area (Å²) in [6.07, 6.45) is 1.15. The van der Waals surface area contributed by atoms with Crippen molar-refractivity contribution in [1.29, 1.82) is 0 Å². The Kier molecular flexibility index (Phi) is 6.86. The zero-order chi connectivity index (χ0) is 22.3. The SMILES string of the molecule is CCOC(=O)NNc1nc(NCc2cccc(Cl)c2)nc(NC2Cc3ccccc3C2)n1. The number of aromatic nitrogens is 3. The largest absolute Gasteiger partial charge is 0.449 e. The summed E-state index contributed by atoms with van der Waals surface area (Å²) in [5.41, 5.74) is 8.70. The predicted molar refractivity (Wildman–Crippen MR) is 124 cm³/mol. The summed E-state index contributed by atoms with van der Waals surface area (Å²) in [7, 11) is 0. The van der Waals surface area contributed by atoms with Gasteiger partial charge in [-0.1, -0.05) is 48.0 Å². The second-order valence-corrected chi connectivity index (χ2v) is 7.71. The average molecular weight is 454 g/mol. The van der Waals surface area contributed by atoms with Crippen LogP contribution in [0.25, 0.3) is 0 Å². The molecule has 1 aromatic heterocycles. The first kappa shape index (κ1) is 21.6. The lowest BCUT2D eigenvalue weighted by Crippen LogP contribution is -2.31. The molecule has 1 aliphatic rings. The van der Waals surface area contributed by atoms with E-state index in [0.29, 0.717) is 23.5 Å². The summed E-state index contributed by atoms with van der Waals surface area (Å²) >= 11 is 6.07. The molecule has 1 aliphatic carbocycles. The second-order valence-electron chi connectivity index (χ2n) is 7.28. The number of amides is 1. The van der Waals surface area contributed by atoms with Crippen LogP contribution in [0.5, 0.6) is 0 Å². The number of nitrogens with zero attached hydrogens (tertiary/aromatic N) is 3. The van der Waals surface area contributed by atoms with E-state index in [2.05, 4.69) is 48.6 Å². The van der Waals surface area contributed by atoms with Crippen LogP contribution in [0.3, 0.4) is 0 Å². The molecule has 0 fully saturated rings. The van der Waals surface area contributed by atoms with Crippen molar-refractivity contribution in [3.8, 4) is 0 Å². The second kappa shape index (κ2) is 10.1. The Morgan fingerprint density at radius 2 is 1.75 bits per heavy atom. The Morgan fingerprint density at radius 3 is 2.47 bits per heavy atom. The zero-order valence-corrected chi connectivity index (χ0v) is 18.3. The maximum absolute atomic E-state index is 11.6. The molecule has 1 heterocycles. The Bertz CT molecular complexity index is 1070. The van der Waals surface area contributed by atoms with E-state index >= 15 is 0 Å². The molecule has 1 amide bonds. The highest BCUT2D eigenvalue weighted by atomic mass is 35.5. The highest BCUT2D eigenvalue weighted by Crippen LogP contribution is 2.24. The third kappa shape index (κ3) is 5.76. The van der Waals surface area contributed by atoms with Crippen molar-refractivity contribution < 1.29 is 9.53 Å². The van der Waals surface area contributed by atoms with Crippen LogP contribution in [-0.2, 0) is 24.1 Å².